The minimum atomic E-state index is -0.247. The third-order valence-electron chi connectivity index (χ3n) is 5.76. The number of hydrogen-bond acceptors (Lipinski definition) is 4. The first-order chi connectivity index (χ1) is 14.9. The summed E-state index contributed by atoms with van der Waals surface area (Å²) in [6.07, 6.45) is 4.21. The zero-order valence-corrected chi connectivity index (χ0v) is 19.1. The molecule has 1 aliphatic rings. The second kappa shape index (κ2) is 9.32. The van der Waals surface area contributed by atoms with Crippen LogP contribution in [-0.2, 0) is 6.54 Å². The number of fused-ring (bicyclic) bond motifs is 1. The first-order valence-corrected chi connectivity index (χ1v) is 11.6. The first kappa shape index (κ1) is 21.7. The van der Waals surface area contributed by atoms with Gasteiger partial charge >= 0.3 is 0 Å². The van der Waals surface area contributed by atoms with Gasteiger partial charge in [0, 0.05) is 31.1 Å². The molecule has 0 saturated carbocycles. The number of thiophene rings is 1. The van der Waals surface area contributed by atoms with Crippen molar-refractivity contribution in [1.82, 2.24) is 20.0 Å². The molecule has 1 N–H and O–H groups in total. The summed E-state index contributed by atoms with van der Waals surface area (Å²) in [5.41, 5.74) is 3.22. The van der Waals surface area contributed by atoms with Gasteiger partial charge in [-0.05, 0) is 57.4 Å². The van der Waals surface area contributed by atoms with E-state index in [-0.39, 0.29) is 17.8 Å². The predicted octanol–water partition coefficient (Wildman–Crippen LogP) is 4.75. The Morgan fingerprint density at radius 3 is 2.65 bits per heavy atom. The Labute approximate surface area is 186 Å². The molecular formula is C24H29FN4OS. The SMILES string of the molecule is CC(C)=CCN1CCC(NC(=O)c2cc3c(C)nn(Cc4ccc(F)cc4)c3s2)CC1. The van der Waals surface area contributed by atoms with E-state index < -0.39 is 0 Å². The van der Waals surface area contributed by atoms with E-state index in [1.807, 2.05) is 17.7 Å². The molecule has 1 saturated heterocycles. The predicted molar refractivity (Wildman–Crippen MR) is 124 cm³/mol. The summed E-state index contributed by atoms with van der Waals surface area (Å²) in [4.78, 5) is 17.0. The number of aromatic nitrogens is 2. The van der Waals surface area contributed by atoms with Crippen molar-refractivity contribution >= 4 is 27.5 Å². The van der Waals surface area contributed by atoms with Crippen LogP contribution in [0, 0.1) is 12.7 Å². The zero-order chi connectivity index (χ0) is 22.0. The van der Waals surface area contributed by atoms with Gasteiger partial charge in [-0.3, -0.25) is 14.4 Å². The lowest BCUT2D eigenvalue weighted by Gasteiger charge is -2.31. The van der Waals surface area contributed by atoms with E-state index in [4.69, 9.17) is 0 Å². The molecule has 1 aliphatic heterocycles. The summed E-state index contributed by atoms with van der Waals surface area (Å²) in [5, 5.41) is 8.85. The molecule has 5 nitrogen and oxygen atoms in total. The van der Waals surface area contributed by atoms with Gasteiger partial charge in [0.1, 0.15) is 10.6 Å². The number of amides is 1. The fourth-order valence-electron chi connectivity index (χ4n) is 3.92. The Kier molecular flexibility index (Phi) is 6.53. The van der Waals surface area contributed by atoms with Gasteiger partial charge in [0.05, 0.1) is 17.1 Å². The second-order valence-electron chi connectivity index (χ2n) is 8.53. The van der Waals surface area contributed by atoms with E-state index in [0.29, 0.717) is 6.54 Å². The van der Waals surface area contributed by atoms with E-state index in [0.717, 1.165) is 58.8 Å². The van der Waals surface area contributed by atoms with Gasteiger partial charge in [0.25, 0.3) is 5.91 Å². The van der Waals surface area contributed by atoms with Crippen LogP contribution in [0.3, 0.4) is 0 Å². The Morgan fingerprint density at radius 2 is 1.97 bits per heavy atom. The van der Waals surface area contributed by atoms with Crippen molar-refractivity contribution in [2.75, 3.05) is 19.6 Å². The quantitative estimate of drug-likeness (QED) is 0.563. The van der Waals surface area contributed by atoms with Crippen molar-refractivity contribution < 1.29 is 9.18 Å². The molecule has 2 aromatic heterocycles. The van der Waals surface area contributed by atoms with Crippen molar-refractivity contribution in [2.45, 2.75) is 46.2 Å². The highest BCUT2D eigenvalue weighted by molar-refractivity contribution is 7.20. The van der Waals surface area contributed by atoms with Crippen LogP contribution in [0.5, 0.6) is 0 Å². The Morgan fingerprint density at radius 1 is 1.26 bits per heavy atom. The number of nitrogens with one attached hydrogen (secondary N) is 1. The number of likely N-dealkylation sites (tertiary alicyclic amines) is 1. The van der Waals surface area contributed by atoms with Crippen LogP contribution in [0.1, 0.15) is 47.6 Å². The second-order valence-corrected chi connectivity index (χ2v) is 9.56. The van der Waals surface area contributed by atoms with Crippen molar-refractivity contribution in [3.05, 3.63) is 63.9 Å². The largest absolute Gasteiger partial charge is 0.349 e. The molecule has 7 heteroatoms. The maximum Gasteiger partial charge on any atom is 0.261 e. The number of rotatable bonds is 6. The first-order valence-electron chi connectivity index (χ1n) is 10.8. The van der Waals surface area contributed by atoms with Crippen molar-refractivity contribution in [3.8, 4) is 0 Å². The summed E-state index contributed by atoms with van der Waals surface area (Å²) in [7, 11) is 0. The molecule has 0 aliphatic carbocycles. The highest BCUT2D eigenvalue weighted by Gasteiger charge is 2.22. The van der Waals surface area contributed by atoms with Gasteiger partial charge in [0.2, 0.25) is 0 Å². The lowest BCUT2D eigenvalue weighted by atomic mass is 10.0. The number of hydrogen-bond donors (Lipinski definition) is 1. The number of allylic oxidation sites excluding steroid dienone is 1. The number of carbonyl (C=O) groups excluding carboxylic acids is 1. The van der Waals surface area contributed by atoms with E-state index >= 15 is 0 Å². The monoisotopic (exact) mass is 440 g/mol. The van der Waals surface area contributed by atoms with Gasteiger partial charge in [0.15, 0.2) is 0 Å². The number of aryl methyl sites for hydroxylation is 1. The number of benzene rings is 1. The highest BCUT2D eigenvalue weighted by atomic mass is 32.1. The Balaban J connectivity index is 1.41. The van der Waals surface area contributed by atoms with E-state index in [2.05, 4.69) is 35.2 Å². The van der Waals surface area contributed by atoms with E-state index in [1.165, 1.54) is 29.0 Å². The number of halogens is 1. The molecule has 3 heterocycles. The maximum atomic E-state index is 13.2. The maximum absolute atomic E-state index is 13.2. The van der Waals surface area contributed by atoms with Crippen molar-refractivity contribution in [1.29, 1.82) is 0 Å². The smallest absolute Gasteiger partial charge is 0.261 e. The lowest BCUT2D eigenvalue weighted by Crippen LogP contribution is -2.44. The molecule has 3 aromatic rings. The van der Waals surface area contributed by atoms with E-state index in [9.17, 15) is 9.18 Å². The average Bonchev–Trinajstić information content (AvgIpc) is 3.30. The standard InChI is InChI=1S/C24H29FN4OS/c1-16(2)8-11-28-12-9-20(10-13-28)26-23(30)22-14-21-17(3)27-29(24(21)31-22)15-18-4-6-19(25)7-5-18/h4-8,14,20H,9-13,15H2,1-3H3,(H,26,30). The van der Waals surface area contributed by atoms with Gasteiger partial charge in [-0.2, -0.15) is 5.10 Å². The number of nitrogens with zero attached hydrogens (tertiary/aromatic N) is 3. The molecule has 164 valence electrons. The van der Waals surface area contributed by atoms with Crippen molar-refractivity contribution in [2.24, 2.45) is 0 Å². The summed E-state index contributed by atoms with van der Waals surface area (Å²) in [6.45, 7) is 9.76. The van der Waals surface area contributed by atoms with Crippen LogP contribution in [0.2, 0.25) is 0 Å². The van der Waals surface area contributed by atoms with Gasteiger partial charge in [-0.25, -0.2) is 4.39 Å². The lowest BCUT2D eigenvalue weighted by molar-refractivity contribution is 0.0918. The molecule has 31 heavy (non-hydrogen) atoms. The zero-order valence-electron chi connectivity index (χ0n) is 18.3. The summed E-state index contributed by atoms with van der Waals surface area (Å²) < 4.78 is 15.1. The third kappa shape index (κ3) is 5.22. The minimum absolute atomic E-state index is 0.00307. The van der Waals surface area contributed by atoms with Crippen LogP contribution >= 0.6 is 11.3 Å². The fraction of sp³-hybridized carbons (Fsp3) is 0.417. The van der Waals surface area contributed by atoms with Gasteiger partial charge in [-0.15, -0.1) is 11.3 Å². The molecule has 0 spiro atoms. The molecule has 0 unspecified atom stereocenters. The third-order valence-corrected chi connectivity index (χ3v) is 6.90. The molecule has 0 radical (unpaired) electrons. The molecule has 1 fully saturated rings. The van der Waals surface area contributed by atoms with E-state index in [1.54, 1.807) is 12.1 Å². The van der Waals surface area contributed by atoms with Crippen LogP contribution in [0.15, 0.2) is 42.0 Å². The number of piperidine rings is 1. The minimum Gasteiger partial charge on any atom is -0.349 e. The molecular weight excluding hydrogens is 411 g/mol. The highest BCUT2D eigenvalue weighted by Crippen LogP contribution is 2.29. The topological polar surface area (TPSA) is 50.2 Å². The van der Waals surface area contributed by atoms with Crippen LogP contribution in [0.4, 0.5) is 4.39 Å². The van der Waals surface area contributed by atoms with Crippen LogP contribution in [-0.4, -0.2) is 46.3 Å². The van der Waals surface area contributed by atoms with Gasteiger partial charge in [-0.1, -0.05) is 23.8 Å². The number of carbonyl (C=O) groups is 1. The molecule has 1 amide bonds. The average molecular weight is 441 g/mol. The molecule has 4 rings (SSSR count). The molecule has 0 bridgehead atoms. The molecule has 0 atom stereocenters. The van der Waals surface area contributed by atoms with Crippen LogP contribution < -0.4 is 5.32 Å². The summed E-state index contributed by atoms with van der Waals surface area (Å²) in [6, 6.07) is 8.62. The summed E-state index contributed by atoms with van der Waals surface area (Å²) in [5.74, 6) is -0.250. The fourth-order valence-corrected chi connectivity index (χ4v) is 4.99. The van der Waals surface area contributed by atoms with Crippen LogP contribution in [0.25, 0.3) is 10.2 Å². The van der Waals surface area contributed by atoms with Gasteiger partial charge < -0.3 is 5.32 Å². The normalized spacial score (nSPS) is 15.4. The van der Waals surface area contributed by atoms with Crippen molar-refractivity contribution in [3.63, 3.8) is 0 Å². The Hall–Kier alpha value is -2.51. The Bertz CT molecular complexity index is 1090. The molecule has 1 aromatic carbocycles. The summed E-state index contributed by atoms with van der Waals surface area (Å²) >= 11 is 1.47.